The van der Waals surface area contributed by atoms with E-state index in [4.69, 9.17) is 4.74 Å². The lowest BCUT2D eigenvalue weighted by Crippen LogP contribution is -1.97. The molecule has 0 spiro atoms. The van der Waals surface area contributed by atoms with Crippen LogP contribution in [0.2, 0.25) is 0 Å². The van der Waals surface area contributed by atoms with E-state index in [0.29, 0.717) is 12.5 Å². The number of rotatable bonds is 4. The largest absolute Gasteiger partial charge is 0.478 e. The molecule has 1 aromatic heterocycles. The number of ether oxygens (including phenoxy) is 1. The Morgan fingerprint density at radius 3 is 3.00 bits per heavy atom. The standard InChI is InChI=1S/C9H12NO/c1-2-3-8-11-9-6-4-5-7-10-9/h4-7H,1-3,8H2. The van der Waals surface area contributed by atoms with Crippen molar-refractivity contribution in [3.8, 4) is 5.88 Å². The lowest BCUT2D eigenvalue weighted by molar-refractivity contribution is 0.300. The minimum Gasteiger partial charge on any atom is -0.478 e. The second kappa shape index (κ2) is 4.72. The van der Waals surface area contributed by atoms with Crippen molar-refractivity contribution in [3.63, 3.8) is 0 Å². The van der Waals surface area contributed by atoms with Crippen LogP contribution in [0.5, 0.6) is 5.88 Å². The van der Waals surface area contributed by atoms with Gasteiger partial charge in [-0.15, -0.1) is 0 Å². The van der Waals surface area contributed by atoms with E-state index in [1.165, 1.54) is 0 Å². The predicted octanol–water partition coefficient (Wildman–Crippen LogP) is 2.07. The maximum absolute atomic E-state index is 5.30. The van der Waals surface area contributed by atoms with Crippen molar-refractivity contribution >= 4 is 0 Å². The van der Waals surface area contributed by atoms with Gasteiger partial charge in [0.15, 0.2) is 0 Å². The van der Waals surface area contributed by atoms with Gasteiger partial charge < -0.3 is 4.74 Å². The number of unbranched alkanes of at least 4 members (excludes halogenated alkanes) is 1. The van der Waals surface area contributed by atoms with Crippen molar-refractivity contribution in [3.05, 3.63) is 31.3 Å². The van der Waals surface area contributed by atoms with Crippen molar-refractivity contribution in [2.24, 2.45) is 0 Å². The van der Waals surface area contributed by atoms with Gasteiger partial charge in [-0.25, -0.2) is 4.98 Å². The monoisotopic (exact) mass is 150 g/mol. The average Bonchev–Trinajstić information content (AvgIpc) is 2.07. The van der Waals surface area contributed by atoms with Crippen LogP contribution in [0.3, 0.4) is 0 Å². The van der Waals surface area contributed by atoms with E-state index in [2.05, 4.69) is 11.9 Å². The summed E-state index contributed by atoms with van der Waals surface area (Å²) in [6.07, 6.45) is 3.61. The van der Waals surface area contributed by atoms with Gasteiger partial charge in [-0.2, -0.15) is 0 Å². The van der Waals surface area contributed by atoms with Crippen LogP contribution >= 0.6 is 0 Å². The van der Waals surface area contributed by atoms with E-state index < -0.39 is 0 Å². The summed E-state index contributed by atoms with van der Waals surface area (Å²) in [6.45, 7) is 4.43. The first-order chi connectivity index (χ1) is 5.43. The summed E-state index contributed by atoms with van der Waals surface area (Å²) < 4.78 is 5.30. The van der Waals surface area contributed by atoms with Gasteiger partial charge in [-0.05, 0) is 12.5 Å². The maximum atomic E-state index is 5.30. The average molecular weight is 150 g/mol. The first-order valence-electron chi connectivity index (χ1n) is 3.76. The third kappa shape index (κ3) is 3.03. The highest BCUT2D eigenvalue weighted by Gasteiger charge is 1.89. The Bertz CT molecular complexity index is 186. The van der Waals surface area contributed by atoms with Crippen LogP contribution in [0.15, 0.2) is 24.4 Å². The molecule has 0 N–H and O–H groups in total. The number of nitrogens with zero attached hydrogens (tertiary/aromatic N) is 1. The number of hydrogen-bond acceptors (Lipinski definition) is 2. The number of aromatic nitrogens is 1. The fourth-order valence-corrected chi connectivity index (χ4v) is 0.711. The SMILES string of the molecule is [CH2]CCCOc1ccccn1. The molecule has 0 aliphatic rings. The molecule has 11 heavy (non-hydrogen) atoms. The van der Waals surface area contributed by atoms with Gasteiger partial charge in [0.2, 0.25) is 5.88 Å². The van der Waals surface area contributed by atoms with Crippen molar-refractivity contribution in [2.75, 3.05) is 6.61 Å². The van der Waals surface area contributed by atoms with E-state index in [-0.39, 0.29) is 0 Å². The molecule has 0 unspecified atom stereocenters. The van der Waals surface area contributed by atoms with Gasteiger partial charge in [-0.1, -0.05) is 19.4 Å². The van der Waals surface area contributed by atoms with Crippen molar-refractivity contribution in [2.45, 2.75) is 12.8 Å². The lowest BCUT2D eigenvalue weighted by Gasteiger charge is -2.01. The Hall–Kier alpha value is -1.05. The molecule has 0 aliphatic carbocycles. The van der Waals surface area contributed by atoms with Gasteiger partial charge in [0.05, 0.1) is 6.61 Å². The summed E-state index contributed by atoms with van der Waals surface area (Å²) in [5, 5.41) is 0. The van der Waals surface area contributed by atoms with E-state index in [1.807, 2.05) is 18.2 Å². The molecule has 0 bridgehead atoms. The Morgan fingerprint density at radius 2 is 2.36 bits per heavy atom. The van der Waals surface area contributed by atoms with Gasteiger partial charge in [0, 0.05) is 12.3 Å². The fraction of sp³-hybridized carbons (Fsp3) is 0.333. The molecular weight excluding hydrogens is 138 g/mol. The zero-order valence-corrected chi connectivity index (χ0v) is 6.49. The molecule has 0 aromatic carbocycles. The molecule has 2 heteroatoms. The molecule has 1 heterocycles. The Labute approximate surface area is 67.2 Å². The minimum atomic E-state index is 0.695. The van der Waals surface area contributed by atoms with E-state index >= 15 is 0 Å². The molecule has 59 valence electrons. The normalized spacial score (nSPS) is 9.55. The molecule has 0 atom stereocenters. The summed E-state index contributed by atoms with van der Waals surface area (Å²) in [6, 6.07) is 5.63. The van der Waals surface area contributed by atoms with Gasteiger partial charge in [0.25, 0.3) is 0 Å². The second-order valence-electron chi connectivity index (χ2n) is 2.22. The first-order valence-corrected chi connectivity index (χ1v) is 3.76. The summed E-state index contributed by atoms with van der Waals surface area (Å²) in [7, 11) is 0. The molecule has 1 radical (unpaired) electrons. The van der Waals surface area contributed by atoms with Gasteiger partial charge in [0.1, 0.15) is 0 Å². The zero-order chi connectivity index (χ0) is 7.94. The third-order valence-electron chi connectivity index (χ3n) is 1.28. The molecule has 0 amide bonds. The third-order valence-corrected chi connectivity index (χ3v) is 1.28. The Kier molecular flexibility index (Phi) is 3.45. The maximum Gasteiger partial charge on any atom is 0.213 e. The van der Waals surface area contributed by atoms with E-state index in [0.717, 1.165) is 12.8 Å². The van der Waals surface area contributed by atoms with Crippen molar-refractivity contribution in [1.82, 2.24) is 4.98 Å². The first kappa shape index (κ1) is 8.05. The molecule has 0 saturated carbocycles. The summed E-state index contributed by atoms with van der Waals surface area (Å²) >= 11 is 0. The highest BCUT2D eigenvalue weighted by Crippen LogP contribution is 2.03. The highest BCUT2D eigenvalue weighted by atomic mass is 16.5. The van der Waals surface area contributed by atoms with E-state index in [1.54, 1.807) is 6.20 Å². The molecule has 0 fully saturated rings. The topological polar surface area (TPSA) is 22.1 Å². The number of hydrogen-bond donors (Lipinski definition) is 0. The smallest absolute Gasteiger partial charge is 0.213 e. The Balaban J connectivity index is 2.28. The molecule has 0 aliphatic heterocycles. The predicted molar refractivity (Wildman–Crippen MR) is 44.3 cm³/mol. The minimum absolute atomic E-state index is 0.695. The zero-order valence-electron chi connectivity index (χ0n) is 6.49. The Morgan fingerprint density at radius 1 is 1.45 bits per heavy atom. The summed E-state index contributed by atoms with van der Waals surface area (Å²) in [5.74, 6) is 0.695. The van der Waals surface area contributed by atoms with Crippen LogP contribution < -0.4 is 4.74 Å². The lowest BCUT2D eigenvalue weighted by atomic mass is 10.4. The van der Waals surface area contributed by atoms with Gasteiger partial charge >= 0.3 is 0 Å². The quantitative estimate of drug-likeness (QED) is 0.613. The fourth-order valence-electron chi connectivity index (χ4n) is 0.711. The van der Waals surface area contributed by atoms with Crippen LogP contribution in [0.1, 0.15) is 12.8 Å². The van der Waals surface area contributed by atoms with Crippen LogP contribution in [-0.4, -0.2) is 11.6 Å². The second-order valence-corrected chi connectivity index (χ2v) is 2.22. The molecule has 2 nitrogen and oxygen atoms in total. The van der Waals surface area contributed by atoms with Crippen molar-refractivity contribution < 1.29 is 4.74 Å². The van der Waals surface area contributed by atoms with Gasteiger partial charge in [-0.3, -0.25) is 0 Å². The van der Waals surface area contributed by atoms with Crippen molar-refractivity contribution in [1.29, 1.82) is 0 Å². The molecule has 1 aromatic rings. The number of pyridine rings is 1. The molecular formula is C9H12NO. The van der Waals surface area contributed by atoms with Crippen LogP contribution in [0, 0.1) is 6.92 Å². The molecule has 1 rings (SSSR count). The van der Waals surface area contributed by atoms with Crippen LogP contribution in [0.25, 0.3) is 0 Å². The summed E-state index contributed by atoms with van der Waals surface area (Å²) in [5.41, 5.74) is 0. The highest BCUT2D eigenvalue weighted by molar-refractivity contribution is 5.08. The molecule has 0 saturated heterocycles. The van der Waals surface area contributed by atoms with Crippen LogP contribution in [-0.2, 0) is 0 Å². The summed E-state index contributed by atoms with van der Waals surface area (Å²) in [4.78, 5) is 4.01. The van der Waals surface area contributed by atoms with E-state index in [9.17, 15) is 0 Å². The van der Waals surface area contributed by atoms with Crippen LogP contribution in [0.4, 0.5) is 0 Å².